The van der Waals surface area contributed by atoms with E-state index in [-0.39, 0.29) is 13.0 Å². The van der Waals surface area contributed by atoms with Gasteiger partial charge >= 0.3 is 0 Å². The van der Waals surface area contributed by atoms with Crippen LogP contribution >= 0.6 is 0 Å². The fourth-order valence-corrected chi connectivity index (χ4v) is 1.29. The third-order valence-electron chi connectivity index (χ3n) is 2.05. The molecule has 5 heteroatoms. The Morgan fingerprint density at radius 2 is 2.08 bits per heavy atom. The number of hydrogen-bond acceptors (Lipinski definition) is 5. The molecule has 5 nitrogen and oxygen atoms in total. The standard InChI is InChI=1S/C7H14O5/c8-2-5(11)6-1-4(10)7(3-9)12-6/h4-11H,1-3H2/t4-,5+,6-,7-/m0/s1. The van der Waals surface area contributed by atoms with Crippen LogP contribution in [-0.2, 0) is 4.74 Å². The summed E-state index contributed by atoms with van der Waals surface area (Å²) in [5, 5.41) is 35.6. The molecule has 0 saturated carbocycles. The molecule has 1 aliphatic rings. The lowest BCUT2D eigenvalue weighted by Gasteiger charge is -2.15. The summed E-state index contributed by atoms with van der Waals surface area (Å²) < 4.78 is 5.07. The fraction of sp³-hybridized carbons (Fsp3) is 1.00. The quantitative estimate of drug-likeness (QED) is 0.395. The zero-order valence-corrected chi connectivity index (χ0v) is 6.63. The van der Waals surface area contributed by atoms with E-state index < -0.39 is 31.0 Å². The second kappa shape index (κ2) is 4.15. The van der Waals surface area contributed by atoms with E-state index in [1.165, 1.54) is 0 Å². The molecule has 1 heterocycles. The number of aliphatic hydroxyl groups excluding tert-OH is 4. The van der Waals surface area contributed by atoms with Crippen LogP contribution < -0.4 is 0 Å². The molecule has 1 fully saturated rings. The minimum absolute atomic E-state index is 0.257. The molecule has 0 amide bonds. The molecule has 1 saturated heterocycles. The Morgan fingerprint density at radius 3 is 2.50 bits per heavy atom. The van der Waals surface area contributed by atoms with E-state index >= 15 is 0 Å². The highest BCUT2D eigenvalue weighted by atomic mass is 16.5. The van der Waals surface area contributed by atoms with Gasteiger partial charge in [0.05, 0.1) is 25.4 Å². The van der Waals surface area contributed by atoms with Crippen LogP contribution in [0.25, 0.3) is 0 Å². The molecule has 0 spiro atoms. The van der Waals surface area contributed by atoms with Gasteiger partial charge < -0.3 is 25.2 Å². The molecule has 72 valence electrons. The maximum atomic E-state index is 9.23. The lowest BCUT2D eigenvalue weighted by Crippen LogP contribution is -2.30. The molecule has 0 bridgehead atoms. The first-order chi connectivity index (χ1) is 5.69. The van der Waals surface area contributed by atoms with Gasteiger partial charge in [-0.2, -0.15) is 0 Å². The SMILES string of the molecule is OC[C@@H](O)[C@@H]1C[C@H](O)[C@H](CO)O1. The van der Waals surface area contributed by atoms with Gasteiger partial charge in [-0.25, -0.2) is 0 Å². The van der Waals surface area contributed by atoms with Gasteiger partial charge in [0.25, 0.3) is 0 Å². The smallest absolute Gasteiger partial charge is 0.107 e. The molecule has 0 aromatic carbocycles. The van der Waals surface area contributed by atoms with Crippen molar-refractivity contribution in [3.63, 3.8) is 0 Å². The summed E-state index contributed by atoms with van der Waals surface area (Å²) in [7, 11) is 0. The normalized spacial score (nSPS) is 38.5. The summed E-state index contributed by atoms with van der Waals surface area (Å²) in [5.74, 6) is 0. The fourth-order valence-electron chi connectivity index (χ4n) is 1.29. The van der Waals surface area contributed by atoms with Crippen LogP contribution in [-0.4, -0.2) is 58.1 Å². The molecule has 0 aromatic heterocycles. The minimum atomic E-state index is -0.976. The van der Waals surface area contributed by atoms with Crippen LogP contribution in [0.15, 0.2) is 0 Å². The second-order valence-corrected chi connectivity index (χ2v) is 2.95. The molecule has 0 aliphatic carbocycles. The number of ether oxygens (including phenoxy) is 1. The Hall–Kier alpha value is -0.200. The Balaban J connectivity index is 2.42. The molecule has 4 atom stereocenters. The van der Waals surface area contributed by atoms with Crippen LogP contribution in [0.3, 0.4) is 0 Å². The van der Waals surface area contributed by atoms with Crippen molar-refractivity contribution in [3.05, 3.63) is 0 Å². The van der Waals surface area contributed by atoms with Gasteiger partial charge in [-0.1, -0.05) is 0 Å². The Morgan fingerprint density at radius 1 is 1.42 bits per heavy atom. The summed E-state index contributed by atoms with van der Waals surface area (Å²) in [6, 6.07) is 0. The first-order valence-corrected chi connectivity index (χ1v) is 3.92. The average molecular weight is 178 g/mol. The molecular weight excluding hydrogens is 164 g/mol. The molecule has 1 rings (SSSR count). The Labute approximate surface area is 70.2 Å². The van der Waals surface area contributed by atoms with Gasteiger partial charge in [0.1, 0.15) is 12.2 Å². The molecule has 0 radical (unpaired) electrons. The first-order valence-electron chi connectivity index (χ1n) is 3.92. The predicted octanol–water partition coefficient (Wildman–Crippen LogP) is -2.15. The van der Waals surface area contributed by atoms with Gasteiger partial charge in [-0.3, -0.25) is 0 Å². The van der Waals surface area contributed by atoms with E-state index in [0.29, 0.717) is 0 Å². The number of rotatable bonds is 3. The van der Waals surface area contributed by atoms with Crippen molar-refractivity contribution in [2.24, 2.45) is 0 Å². The second-order valence-electron chi connectivity index (χ2n) is 2.95. The number of aliphatic hydroxyl groups is 4. The predicted molar refractivity (Wildman–Crippen MR) is 39.5 cm³/mol. The summed E-state index contributed by atoms with van der Waals surface area (Å²) in [6.07, 6.45) is -2.66. The van der Waals surface area contributed by atoms with Gasteiger partial charge in [0.2, 0.25) is 0 Å². The monoisotopic (exact) mass is 178 g/mol. The van der Waals surface area contributed by atoms with Crippen LogP contribution in [0, 0.1) is 0 Å². The van der Waals surface area contributed by atoms with Gasteiger partial charge in [0.15, 0.2) is 0 Å². The minimum Gasteiger partial charge on any atom is -0.394 e. The summed E-state index contributed by atoms with van der Waals surface area (Å²) >= 11 is 0. The lowest BCUT2D eigenvalue weighted by atomic mass is 10.1. The van der Waals surface area contributed by atoms with Crippen molar-refractivity contribution < 1.29 is 25.2 Å². The van der Waals surface area contributed by atoms with E-state index in [0.717, 1.165) is 0 Å². The first kappa shape index (κ1) is 9.88. The van der Waals surface area contributed by atoms with Gasteiger partial charge in [-0.05, 0) is 0 Å². The topological polar surface area (TPSA) is 90.2 Å². The maximum absolute atomic E-state index is 9.23. The Bertz CT molecular complexity index is 140. The van der Waals surface area contributed by atoms with E-state index in [1.54, 1.807) is 0 Å². The summed E-state index contributed by atoms with van der Waals surface area (Å²) in [5.41, 5.74) is 0. The highest BCUT2D eigenvalue weighted by Crippen LogP contribution is 2.22. The summed E-state index contributed by atoms with van der Waals surface area (Å²) in [6.45, 7) is -0.661. The highest BCUT2D eigenvalue weighted by Gasteiger charge is 2.36. The van der Waals surface area contributed by atoms with Crippen molar-refractivity contribution in [2.75, 3.05) is 13.2 Å². The zero-order chi connectivity index (χ0) is 9.14. The van der Waals surface area contributed by atoms with Crippen molar-refractivity contribution >= 4 is 0 Å². The van der Waals surface area contributed by atoms with Crippen LogP contribution in [0.5, 0.6) is 0 Å². The average Bonchev–Trinajstić information content (AvgIpc) is 2.45. The van der Waals surface area contributed by atoms with E-state index in [9.17, 15) is 5.11 Å². The van der Waals surface area contributed by atoms with E-state index in [1.807, 2.05) is 0 Å². The lowest BCUT2D eigenvalue weighted by molar-refractivity contribution is -0.0737. The number of hydrogen-bond donors (Lipinski definition) is 4. The van der Waals surface area contributed by atoms with Gasteiger partial charge in [0, 0.05) is 6.42 Å². The van der Waals surface area contributed by atoms with Crippen molar-refractivity contribution in [1.29, 1.82) is 0 Å². The zero-order valence-electron chi connectivity index (χ0n) is 6.63. The maximum Gasteiger partial charge on any atom is 0.107 e. The third kappa shape index (κ3) is 1.94. The van der Waals surface area contributed by atoms with Gasteiger partial charge in [-0.15, -0.1) is 0 Å². The molecule has 4 N–H and O–H groups in total. The summed E-state index contributed by atoms with van der Waals surface area (Å²) in [4.78, 5) is 0. The molecule has 0 aromatic rings. The van der Waals surface area contributed by atoms with E-state index in [4.69, 9.17) is 20.1 Å². The van der Waals surface area contributed by atoms with E-state index in [2.05, 4.69) is 0 Å². The van der Waals surface area contributed by atoms with Crippen molar-refractivity contribution in [1.82, 2.24) is 0 Å². The third-order valence-corrected chi connectivity index (χ3v) is 2.05. The molecule has 1 aliphatic heterocycles. The largest absolute Gasteiger partial charge is 0.394 e. The van der Waals surface area contributed by atoms with Crippen LogP contribution in [0.4, 0.5) is 0 Å². The van der Waals surface area contributed by atoms with Crippen molar-refractivity contribution in [3.8, 4) is 0 Å². The van der Waals surface area contributed by atoms with Crippen molar-refractivity contribution in [2.45, 2.75) is 30.8 Å². The van der Waals surface area contributed by atoms with Crippen LogP contribution in [0.2, 0.25) is 0 Å². The highest BCUT2D eigenvalue weighted by molar-refractivity contribution is 4.85. The Kier molecular flexibility index (Phi) is 3.42. The van der Waals surface area contributed by atoms with Crippen LogP contribution in [0.1, 0.15) is 6.42 Å². The molecule has 12 heavy (non-hydrogen) atoms. The molecule has 0 unspecified atom stereocenters. The molecular formula is C7H14O5.